The van der Waals surface area contributed by atoms with Crippen LogP contribution in [0.1, 0.15) is 37.3 Å². The molecule has 21 heavy (non-hydrogen) atoms. The lowest BCUT2D eigenvalue weighted by molar-refractivity contribution is 0.190. The van der Waals surface area contributed by atoms with Gasteiger partial charge in [0.25, 0.3) is 0 Å². The van der Waals surface area contributed by atoms with Crippen molar-refractivity contribution < 1.29 is 13.5 Å². The topological polar surface area (TPSA) is 66.4 Å². The van der Waals surface area contributed by atoms with Crippen LogP contribution in [-0.4, -0.2) is 32.4 Å². The van der Waals surface area contributed by atoms with E-state index in [2.05, 4.69) is 5.32 Å². The van der Waals surface area contributed by atoms with Crippen LogP contribution in [0.2, 0.25) is 0 Å². The smallest absolute Gasteiger partial charge is 0.178 e. The van der Waals surface area contributed by atoms with Gasteiger partial charge in [-0.2, -0.15) is 0 Å². The van der Waals surface area contributed by atoms with E-state index in [1.807, 2.05) is 12.1 Å². The summed E-state index contributed by atoms with van der Waals surface area (Å²) in [7, 11) is -3.11. The SMILES string of the molecule is O=S1(=O)CCC(NCC2CCCC2CO)c2ccccc21. The summed E-state index contributed by atoms with van der Waals surface area (Å²) in [5, 5.41) is 12.9. The number of aliphatic hydroxyl groups excluding tert-OH is 1. The van der Waals surface area contributed by atoms with Crippen molar-refractivity contribution in [2.75, 3.05) is 18.9 Å². The van der Waals surface area contributed by atoms with Crippen molar-refractivity contribution in [2.24, 2.45) is 11.8 Å². The molecule has 0 aromatic heterocycles. The van der Waals surface area contributed by atoms with E-state index in [-0.39, 0.29) is 18.4 Å². The average molecular weight is 309 g/mol. The highest BCUT2D eigenvalue weighted by Gasteiger charge is 2.31. The average Bonchev–Trinajstić information content (AvgIpc) is 2.94. The zero-order valence-corrected chi connectivity index (χ0v) is 13.0. The second kappa shape index (κ2) is 6.07. The number of aliphatic hydroxyl groups is 1. The molecule has 0 bridgehead atoms. The first-order chi connectivity index (χ1) is 10.1. The van der Waals surface area contributed by atoms with E-state index in [1.165, 1.54) is 6.42 Å². The zero-order valence-electron chi connectivity index (χ0n) is 12.2. The van der Waals surface area contributed by atoms with Crippen molar-refractivity contribution in [1.82, 2.24) is 5.32 Å². The predicted molar refractivity (Wildman–Crippen MR) is 81.8 cm³/mol. The van der Waals surface area contributed by atoms with Gasteiger partial charge in [0.15, 0.2) is 9.84 Å². The number of hydrogen-bond acceptors (Lipinski definition) is 4. The summed E-state index contributed by atoms with van der Waals surface area (Å²) in [6, 6.07) is 7.44. The van der Waals surface area contributed by atoms with Crippen LogP contribution in [0.5, 0.6) is 0 Å². The van der Waals surface area contributed by atoms with E-state index in [0.717, 1.165) is 24.9 Å². The maximum atomic E-state index is 12.1. The van der Waals surface area contributed by atoms with E-state index in [1.54, 1.807) is 12.1 Å². The Kier molecular flexibility index (Phi) is 4.33. The highest BCUT2D eigenvalue weighted by molar-refractivity contribution is 7.91. The quantitative estimate of drug-likeness (QED) is 0.891. The molecule has 116 valence electrons. The van der Waals surface area contributed by atoms with Gasteiger partial charge in [0.1, 0.15) is 0 Å². The molecule has 1 saturated carbocycles. The molecule has 1 aromatic carbocycles. The van der Waals surface area contributed by atoms with Crippen molar-refractivity contribution in [3.8, 4) is 0 Å². The predicted octanol–water partition coefficient (Wildman–Crippen LogP) is 1.90. The fourth-order valence-electron chi connectivity index (χ4n) is 3.72. The van der Waals surface area contributed by atoms with Crippen molar-refractivity contribution in [3.05, 3.63) is 29.8 Å². The third-order valence-electron chi connectivity index (χ3n) is 4.98. The molecule has 0 radical (unpaired) electrons. The molecule has 0 saturated heterocycles. The van der Waals surface area contributed by atoms with Crippen molar-refractivity contribution in [1.29, 1.82) is 0 Å². The van der Waals surface area contributed by atoms with Crippen LogP contribution in [0.3, 0.4) is 0 Å². The van der Waals surface area contributed by atoms with Gasteiger partial charge < -0.3 is 10.4 Å². The second-order valence-electron chi connectivity index (χ2n) is 6.24. The molecule has 2 aliphatic rings. The molecule has 1 aliphatic heterocycles. The van der Waals surface area contributed by atoms with Gasteiger partial charge in [0.2, 0.25) is 0 Å². The van der Waals surface area contributed by atoms with Crippen molar-refractivity contribution in [3.63, 3.8) is 0 Å². The highest BCUT2D eigenvalue weighted by Crippen LogP contribution is 2.34. The molecular formula is C16H23NO3S. The summed E-state index contributed by atoms with van der Waals surface area (Å²) in [6.07, 6.45) is 4.09. The number of nitrogens with one attached hydrogen (secondary N) is 1. The number of sulfone groups is 1. The number of hydrogen-bond donors (Lipinski definition) is 2. The molecule has 3 unspecified atom stereocenters. The van der Waals surface area contributed by atoms with Crippen LogP contribution in [0.15, 0.2) is 29.2 Å². The first-order valence-electron chi connectivity index (χ1n) is 7.78. The Morgan fingerprint density at radius 2 is 1.90 bits per heavy atom. The minimum atomic E-state index is -3.11. The first-order valence-corrected chi connectivity index (χ1v) is 9.43. The summed E-state index contributed by atoms with van der Waals surface area (Å²) in [5.74, 6) is 1.14. The summed E-state index contributed by atoms with van der Waals surface area (Å²) < 4.78 is 24.2. The molecule has 2 N–H and O–H groups in total. The maximum absolute atomic E-state index is 12.1. The van der Waals surface area contributed by atoms with Crippen molar-refractivity contribution in [2.45, 2.75) is 36.6 Å². The van der Waals surface area contributed by atoms with E-state index in [0.29, 0.717) is 23.2 Å². The first kappa shape index (κ1) is 15.0. The fourth-order valence-corrected chi connectivity index (χ4v) is 5.34. The Labute approximate surface area is 126 Å². The number of benzene rings is 1. The van der Waals surface area contributed by atoms with Crippen LogP contribution < -0.4 is 5.32 Å². The van der Waals surface area contributed by atoms with Crippen LogP contribution in [0, 0.1) is 11.8 Å². The number of rotatable bonds is 4. The molecular weight excluding hydrogens is 286 g/mol. The maximum Gasteiger partial charge on any atom is 0.178 e. The molecule has 3 rings (SSSR count). The largest absolute Gasteiger partial charge is 0.396 e. The monoisotopic (exact) mass is 309 g/mol. The van der Waals surface area contributed by atoms with Gasteiger partial charge in [0.05, 0.1) is 10.6 Å². The Bertz CT molecular complexity index is 599. The van der Waals surface area contributed by atoms with Crippen LogP contribution in [0.25, 0.3) is 0 Å². The van der Waals surface area contributed by atoms with E-state index in [4.69, 9.17) is 0 Å². The second-order valence-corrected chi connectivity index (χ2v) is 8.32. The summed E-state index contributed by atoms with van der Waals surface area (Å²) in [4.78, 5) is 0.485. The highest BCUT2D eigenvalue weighted by atomic mass is 32.2. The van der Waals surface area contributed by atoms with E-state index >= 15 is 0 Å². The Balaban J connectivity index is 1.72. The molecule has 1 aromatic rings. The Morgan fingerprint density at radius 3 is 2.71 bits per heavy atom. The lowest BCUT2D eigenvalue weighted by atomic mass is 9.95. The molecule has 0 amide bonds. The summed E-state index contributed by atoms with van der Waals surface area (Å²) >= 11 is 0. The molecule has 1 fully saturated rings. The van der Waals surface area contributed by atoms with Gasteiger partial charge in [-0.25, -0.2) is 8.42 Å². The Hall–Kier alpha value is -0.910. The van der Waals surface area contributed by atoms with Gasteiger partial charge in [-0.3, -0.25) is 0 Å². The normalized spacial score (nSPS) is 31.0. The third-order valence-corrected chi connectivity index (χ3v) is 6.80. The van der Waals surface area contributed by atoms with E-state index < -0.39 is 9.84 Å². The zero-order chi connectivity index (χ0) is 14.9. The lowest BCUT2D eigenvalue weighted by Gasteiger charge is -2.28. The van der Waals surface area contributed by atoms with Gasteiger partial charge in [-0.1, -0.05) is 24.6 Å². The van der Waals surface area contributed by atoms with Gasteiger partial charge in [-0.05, 0) is 49.3 Å². The minimum absolute atomic E-state index is 0.115. The molecule has 4 nitrogen and oxygen atoms in total. The minimum Gasteiger partial charge on any atom is -0.396 e. The van der Waals surface area contributed by atoms with Gasteiger partial charge in [-0.15, -0.1) is 0 Å². The number of fused-ring (bicyclic) bond motifs is 1. The van der Waals surface area contributed by atoms with Crippen LogP contribution >= 0.6 is 0 Å². The standard InChI is InChI=1S/C16H23NO3S/c18-11-13-5-3-4-12(13)10-17-15-8-9-21(19,20)16-7-2-1-6-14(15)16/h1-2,6-7,12-13,15,17-18H,3-5,8-11H2. The molecule has 1 heterocycles. The van der Waals surface area contributed by atoms with Crippen LogP contribution in [0.4, 0.5) is 0 Å². The van der Waals surface area contributed by atoms with E-state index in [9.17, 15) is 13.5 Å². The van der Waals surface area contributed by atoms with Gasteiger partial charge >= 0.3 is 0 Å². The molecule has 5 heteroatoms. The lowest BCUT2D eigenvalue weighted by Crippen LogP contribution is -2.34. The van der Waals surface area contributed by atoms with Crippen molar-refractivity contribution >= 4 is 9.84 Å². The van der Waals surface area contributed by atoms with Crippen LogP contribution in [-0.2, 0) is 9.84 Å². The molecule has 0 spiro atoms. The fraction of sp³-hybridized carbons (Fsp3) is 0.625. The Morgan fingerprint density at radius 1 is 1.14 bits per heavy atom. The molecule has 3 atom stereocenters. The van der Waals surface area contributed by atoms with Gasteiger partial charge in [0, 0.05) is 12.6 Å². The molecule has 1 aliphatic carbocycles. The summed E-state index contributed by atoms with van der Waals surface area (Å²) in [6.45, 7) is 1.13. The summed E-state index contributed by atoms with van der Waals surface area (Å²) in [5.41, 5.74) is 0.905. The third kappa shape index (κ3) is 3.00.